The molecule has 2 aliphatic rings. The van der Waals surface area contributed by atoms with Gasteiger partial charge in [0.15, 0.2) is 5.60 Å². The largest absolute Gasteiger partial charge is 0.473 e. The van der Waals surface area contributed by atoms with Crippen LogP contribution in [0.1, 0.15) is 35.6 Å². The molecule has 1 aliphatic carbocycles. The third-order valence-electron chi connectivity index (χ3n) is 5.47. The Morgan fingerprint density at radius 1 is 0.885 bits per heavy atom. The summed E-state index contributed by atoms with van der Waals surface area (Å²) in [6.07, 6.45) is 8.82. The van der Waals surface area contributed by atoms with Crippen LogP contribution in [0.3, 0.4) is 0 Å². The van der Waals surface area contributed by atoms with Crippen LogP contribution in [-0.4, -0.2) is 0 Å². The lowest BCUT2D eigenvalue weighted by atomic mass is 9.84. The Hall–Kier alpha value is -3.24. The molecule has 0 unspecified atom stereocenters. The number of rotatable bonds is 1. The van der Waals surface area contributed by atoms with E-state index < -0.39 is 5.60 Å². The van der Waals surface area contributed by atoms with Crippen LogP contribution in [0.5, 0.6) is 5.75 Å². The minimum absolute atomic E-state index is 0.566. The normalized spacial score (nSPS) is 15.3. The molecule has 0 radical (unpaired) electrons. The first-order valence-electron chi connectivity index (χ1n) is 8.98. The second-order valence-corrected chi connectivity index (χ2v) is 6.81. The SMILES string of the molecule is C#Cc1ccc2c(c1)C(CC)=CC1(O2)c2ccccc2-c2ccccc21. The molecule has 0 N–H and O–H groups in total. The van der Waals surface area contributed by atoms with Crippen LogP contribution in [0.15, 0.2) is 72.8 Å². The van der Waals surface area contributed by atoms with Gasteiger partial charge in [0, 0.05) is 22.3 Å². The van der Waals surface area contributed by atoms with E-state index in [0.717, 1.165) is 23.3 Å². The first kappa shape index (κ1) is 15.0. The van der Waals surface area contributed by atoms with Crippen molar-refractivity contribution in [2.24, 2.45) is 0 Å². The first-order chi connectivity index (χ1) is 12.8. The highest BCUT2D eigenvalue weighted by atomic mass is 16.5. The molecule has 1 heteroatoms. The topological polar surface area (TPSA) is 9.23 Å². The fourth-order valence-corrected chi connectivity index (χ4v) is 4.27. The highest BCUT2D eigenvalue weighted by Crippen LogP contribution is 2.54. The summed E-state index contributed by atoms with van der Waals surface area (Å²) in [5, 5.41) is 0. The van der Waals surface area contributed by atoms with Gasteiger partial charge >= 0.3 is 0 Å². The molecule has 0 aromatic heterocycles. The van der Waals surface area contributed by atoms with Crippen LogP contribution in [0.25, 0.3) is 16.7 Å². The summed E-state index contributed by atoms with van der Waals surface area (Å²) >= 11 is 0. The lowest BCUT2D eigenvalue weighted by molar-refractivity contribution is 0.164. The summed E-state index contributed by atoms with van der Waals surface area (Å²) < 4.78 is 6.72. The molecular formula is C25H18O. The van der Waals surface area contributed by atoms with Gasteiger partial charge in [-0.05, 0) is 47.4 Å². The molecule has 1 aliphatic heterocycles. The molecule has 0 amide bonds. The average Bonchev–Trinajstić information content (AvgIpc) is 2.97. The van der Waals surface area contributed by atoms with E-state index in [9.17, 15) is 0 Å². The van der Waals surface area contributed by atoms with Crippen molar-refractivity contribution < 1.29 is 4.74 Å². The maximum absolute atomic E-state index is 6.72. The minimum Gasteiger partial charge on any atom is -0.473 e. The van der Waals surface area contributed by atoms with Crippen LogP contribution in [0, 0.1) is 12.3 Å². The van der Waals surface area contributed by atoms with E-state index >= 15 is 0 Å². The Kier molecular flexibility index (Phi) is 3.11. The summed E-state index contributed by atoms with van der Waals surface area (Å²) in [6.45, 7) is 2.18. The molecule has 124 valence electrons. The van der Waals surface area contributed by atoms with Crippen LogP contribution < -0.4 is 4.74 Å². The predicted molar refractivity (Wildman–Crippen MR) is 106 cm³/mol. The van der Waals surface area contributed by atoms with Gasteiger partial charge in [0.05, 0.1) is 0 Å². The molecule has 1 nitrogen and oxygen atoms in total. The zero-order valence-electron chi connectivity index (χ0n) is 14.6. The van der Waals surface area contributed by atoms with Gasteiger partial charge in [-0.3, -0.25) is 0 Å². The van der Waals surface area contributed by atoms with E-state index in [-0.39, 0.29) is 0 Å². The second-order valence-electron chi connectivity index (χ2n) is 6.81. The van der Waals surface area contributed by atoms with E-state index in [2.05, 4.69) is 73.5 Å². The van der Waals surface area contributed by atoms with Crippen molar-refractivity contribution in [3.63, 3.8) is 0 Å². The molecule has 0 bridgehead atoms. The van der Waals surface area contributed by atoms with Gasteiger partial charge < -0.3 is 4.74 Å². The molecular weight excluding hydrogens is 316 g/mol. The molecule has 0 atom stereocenters. The zero-order chi connectivity index (χ0) is 17.7. The van der Waals surface area contributed by atoms with E-state index in [0.29, 0.717) is 0 Å². The van der Waals surface area contributed by atoms with Gasteiger partial charge in [-0.2, -0.15) is 0 Å². The number of terminal acetylenes is 1. The summed E-state index contributed by atoms with van der Waals surface area (Å²) in [5.74, 6) is 3.63. The quantitative estimate of drug-likeness (QED) is 0.513. The van der Waals surface area contributed by atoms with Gasteiger partial charge in [-0.25, -0.2) is 0 Å². The zero-order valence-corrected chi connectivity index (χ0v) is 14.6. The van der Waals surface area contributed by atoms with E-state index in [4.69, 9.17) is 11.2 Å². The number of benzene rings is 3. The van der Waals surface area contributed by atoms with Gasteiger partial charge in [0.25, 0.3) is 0 Å². The van der Waals surface area contributed by atoms with Crippen molar-refractivity contribution in [2.75, 3.05) is 0 Å². The molecule has 3 aromatic rings. The standard InChI is InChI=1S/C25H18O/c1-3-17-13-14-24-21(15-17)18(4-2)16-25(26-24)22-11-7-5-9-19(22)20-10-6-8-12-23(20)25/h1,5-16H,4H2,2H3. The minimum atomic E-state index is -0.566. The van der Waals surface area contributed by atoms with Crippen molar-refractivity contribution in [2.45, 2.75) is 18.9 Å². The summed E-state index contributed by atoms with van der Waals surface area (Å²) in [5.41, 5.74) is 7.61. The molecule has 0 saturated heterocycles. The van der Waals surface area contributed by atoms with Gasteiger partial charge in [-0.1, -0.05) is 61.4 Å². The number of allylic oxidation sites excluding steroid dienone is 1. The fourth-order valence-electron chi connectivity index (χ4n) is 4.27. The lowest BCUT2D eigenvalue weighted by Crippen LogP contribution is -2.33. The fraction of sp³-hybridized carbons (Fsp3) is 0.120. The molecule has 5 rings (SSSR count). The van der Waals surface area contributed by atoms with E-state index in [1.54, 1.807) is 0 Å². The van der Waals surface area contributed by atoms with Crippen LogP contribution in [-0.2, 0) is 5.60 Å². The van der Waals surface area contributed by atoms with Crippen molar-refractivity contribution in [1.82, 2.24) is 0 Å². The number of ether oxygens (including phenoxy) is 1. The summed E-state index contributed by atoms with van der Waals surface area (Å²) in [4.78, 5) is 0. The first-order valence-corrected chi connectivity index (χ1v) is 8.98. The molecule has 1 spiro atoms. The average molecular weight is 334 g/mol. The Labute approximate surface area is 154 Å². The van der Waals surface area contributed by atoms with Crippen molar-refractivity contribution >= 4 is 5.57 Å². The smallest absolute Gasteiger partial charge is 0.179 e. The number of fused-ring (bicyclic) bond motifs is 6. The Bertz CT molecular complexity index is 1070. The van der Waals surface area contributed by atoms with Gasteiger partial charge in [-0.15, -0.1) is 6.42 Å². The molecule has 0 saturated carbocycles. The van der Waals surface area contributed by atoms with E-state index in [1.807, 2.05) is 12.1 Å². The van der Waals surface area contributed by atoms with Crippen molar-refractivity contribution in [3.05, 3.63) is 95.1 Å². The van der Waals surface area contributed by atoms with Crippen LogP contribution >= 0.6 is 0 Å². The maximum Gasteiger partial charge on any atom is 0.179 e. The van der Waals surface area contributed by atoms with E-state index in [1.165, 1.54) is 27.8 Å². The second kappa shape index (κ2) is 5.38. The molecule has 1 heterocycles. The summed E-state index contributed by atoms with van der Waals surface area (Å²) in [7, 11) is 0. The Balaban J connectivity index is 1.82. The third-order valence-corrected chi connectivity index (χ3v) is 5.47. The van der Waals surface area contributed by atoms with Crippen LogP contribution in [0.2, 0.25) is 0 Å². The third kappa shape index (κ3) is 1.87. The highest BCUT2D eigenvalue weighted by Gasteiger charge is 2.46. The monoisotopic (exact) mass is 334 g/mol. The maximum atomic E-state index is 6.72. The van der Waals surface area contributed by atoms with Gasteiger partial charge in [0.1, 0.15) is 5.75 Å². The van der Waals surface area contributed by atoms with Crippen molar-refractivity contribution in [3.8, 4) is 29.2 Å². The predicted octanol–water partition coefficient (Wildman–Crippen LogP) is 5.78. The summed E-state index contributed by atoms with van der Waals surface area (Å²) in [6, 6.07) is 23.1. The highest BCUT2D eigenvalue weighted by molar-refractivity contribution is 5.85. The number of hydrogen-bond acceptors (Lipinski definition) is 1. The van der Waals surface area contributed by atoms with Crippen molar-refractivity contribution in [1.29, 1.82) is 0 Å². The molecule has 0 fully saturated rings. The van der Waals surface area contributed by atoms with Crippen LogP contribution in [0.4, 0.5) is 0 Å². The molecule has 3 aromatic carbocycles. The Morgan fingerprint density at radius 2 is 1.54 bits per heavy atom. The number of hydrogen-bond donors (Lipinski definition) is 0. The Morgan fingerprint density at radius 3 is 2.15 bits per heavy atom. The molecule has 26 heavy (non-hydrogen) atoms. The van der Waals surface area contributed by atoms with Gasteiger partial charge in [0.2, 0.25) is 0 Å². The lowest BCUT2D eigenvalue weighted by Gasteiger charge is -2.36.